The molecule has 0 aliphatic carbocycles. The lowest BCUT2D eigenvalue weighted by Gasteiger charge is -2.34. The van der Waals surface area contributed by atoms with Crippen molar-refractivity contribution in [2.75, 3.05) is 26.2 Å². The van der Waals surface area contributed by atoms with Crippen molar-refractivity contribution in [1.82, 2.24) is 24.0 Å². The number of carbonyl (C=O) groups excluding carboxylic acids is 1. The maximum Gasteiger partial charge on any atom is 0.254 e. The van der Waals surface area contributed by atoms with E-state index < -0.39 is 10.0 Å². The number of benzene rings is 1. The SMILES string of the molecule is Cc1cc(C(=O)N2CCN(S(=O)(=O)c3ccc(C(C)(C)C)cc3)CC2)c2c(C)nn(C)c2n1. The third kappa shape index (κ3) is 4.27. The average Bonchev–Trinajstić information content (AvgIpc) is 3.05. The summed E-state index contributed by atoms with van der Waals surface area (Å²) < 4.78 is 29.5. The first kappa shape index (κ1) is 23.4. The number of sulfonamides is 1. The molecule has 8 nitrogen and oxygen atoms in total. The Kier molecular flexibility index (Phi) is 5.82. The lowest BCUT2D eigenvalue weighted by Crippen LogP contribution is -2.50. The number of carbonyl (C=O) groups is 1. The normalized spacial score (nSPS) is 15.9. The third-order valence-electron chi connectivity index (χ3n) is 6.21. The van der Waals surface area contributed by atoms with Crippen molar-refractivity contribution >= 4 is 27.0 Å². The highest BCUT2D eigenvalue weighted by molar-refractivity contribution is 7.89. The van der Waals surface area contributed by atoms with Crippen molar-refractivity contribution in [2.45, 2.75) is 44.9 Å². The van der Waals surface area contributed by atoms with Gasteiger partial charge in [0.15, 0.2) is 5.65 Å². The van der Waals surface area contributed by atoms with Crippen LogP contribution in [0, 0.1) is 13.8 Å². The molecule has 3 aromatic rings. The predicted molar refractivity (Wildman–Crippen MR) is 128 cm³/mol. The molecule has 0 saturated carbocycles. The van der Waals surface area contributed by atoms with Crippen molar-refractivity contribution in [3.8, 4) is 0 Å². The molecule has 0 radical (unpaired) electrons. The van der Waals surface area contributed by atoms with E-state index in [0.29, 0.717) is 24.3 Å². The summed E-state index contributed by atoms with van der Waals surface area (Å²) in [5, 5.41) is 5.17. The van der Waals surface area contributed by atoms with E-state index in [4.69, 9.17) is 0 Å². The van der Waals surface area contributed by atoms with Gasteiger partial charge in [0.1, 0.15) is 0 Å². The molecule has 9 heteroatoms. The molecular formula is C24H31N5O3S. The molecule has 1 aromatic carbocycles. The summed E-state index contributed by atoms with van der Waals surface area (Å²) in [5.41, 5.74) is 3.78. The molecule has 33 heavy (non-hydrogen) atoms. The third-order valence-corrected chi connectivity index (χ3v) is 8.12. The standard InChI is InChI=1S/C24H31N5O3S/c1-16-15-20(21-17(2)26-27(6)22(21)25-16)23(30)28-11-13-29(14-12-28)33(31,32)19-9-7-18(8-10-19)24(3,4)5/h7-10,15H,11-14H2,1-6H3. The first-order valence-electron chi connectivity index (χ1n) is 11.1. The Labute approximate surface area is 195 Å². The van der Waals surface area contributed by atoms with E-state index in [1.54, 1.807) is 27.8 Å². The zero-order valence-corrected chi connectivity index (χ0v) is 20.9. The average molecular weight is 470 g/mol. The van der Waals surface area contributed by atoms with Crippen molar-refractivity contribution in [3.63, 3.8) is 0 Å². The second kappa shape index (κ2) is 8.22. The number of nitrogens with zero attached hydrogens (tertiary/aromatic N) is 5. The summed E-state index contributed by atoms with van der Waals surface area (Å²) >= 11 is 0. The van der Waals surface area contributed by atoms with Crippen LogP contribution >= 0.6 is 0 Å². The summed E-state index contributed by atoms with van der Waals surface area (Å²) in [6.07, 6.45) is 0. The topological polar surface area (TPSA) is 88.4 Å². The van der Waals surface area contributed by atoms with E-state index in [1.807, 2.05) is 33.0 Å². The molecule has 1 aliphatic heterocycles. The number of aryl methyl sites for hydroxylation is 3. The largest absolute Gasteiger partial charge is 0.336 e. The minimum absolute atomic E-state index is 0.0440. The van der Waals surface area contributed by atoms with Gasteiger partial charge in [0.05, 0.1) is 21.5 Å². The Hall–Kier alpha value is -2.78. The van der Waals surface area contributed by atoms with Crippen LogP contribution in [-0.4, -0.2) is 64.5 Å². The van der Waals surface area contributed by atoms with E-state index >= 15 is 0 Å². The highest BCUT2D eigenvalue weighted by Gasteiger charge is 2.32. The first-order valence-corrected chi connectivity index (χ1v) is 12.5. The van der Waals surface area contributed by atoms with Crippen LogP contribution in [0.1, 0.15) is 48.1 Å². The van der Waals surface area contributed by atoms with Gasteiger partial charge >= 0.3 is 0 Å². The molecule has 0 unspecified atom stereocenters. The molecule has 4 rings (SSSR count). The van der Waals surface area contributed by atoms with Crippen LogP contribution in [0.25, 0.3) is 11.0 Å². The van der Waals surface area contributed by atoms with Crippen molar-refractivity contribution in [2.24, 2.45) is 7.05 Å². The van der Waals surface area contributed by atoms with E-state index in [-0.39, 0.29) is 29.3 Å². The lowest BCUT2D eigenvalue weighted by atomic mass is 9.87. The number of rotatable bonds is 3. The maximum atomic E-state index is 13.4. The molecular weight excluding hydrogens is 438 g/mol. The molecule has 176 valence electrons. The van der Waals surface area contributed by atoms with Crippen molar-refractivity contribution in [1.29, 1.82) is 0 Å². The molecule has 1 aliphatic rings. The molecule has 2 aromatic heterocycles. The summed E-state index contributed by atoms with van der Waals surface area (Å²) in [4.78, 5) is 19.9. The van der Waals surface area contributed by atoms with Gasteiger partial charge in [-0.3, -0.25) is 9.48 Å². The van der Waals surface area contributed by atoms with Crippen molar-refractivity contribution < 1.29 is 13.2 Å². The van der Waals surface area contributed by atoms with Gasteiger partial charge in [-0.05, 0) is 43.0 Å². The number of fused-ring (bicyclic) bond motifs is 1. The van der Waals surface area contributed by atoms with Crippen LogP contribution in [0.2, 0.25) is 0 Å². The second-order valence-corrected chi connectivity index (χ2v) is 11.6. The molecule has 1 fully saturated rings. The summed E-state index contributed by atoms with van der Waals surface area (Å²) in [6, 6.07) is 8.89. The molecule has 1 amide bonds. The van der Waals surface area contributed by atoms with E-state index in [2.05, 4.69) is 30.9 Å². The van der Waals surface area contributed by atoms with E-state index in [0.717, 1.165) is 22.3 Å². The zero-order chi connectivity index (χ0) is 24.1. The highest BCUT2D eigenvalue weighted by Crippen LogP contribution is 2.26. The van der Waals surface area contributed by atoms with Gasteiger partial charge < -0.3 is 4.90 Å². The van der Waals surface area contributed by atoms with Gasteiger partial charge in [-0.15, -0.1) is 0 Å². The summed E-state index contributed by atoms with van der Waals surface area (Å²) in [5.74, 6) is -0.117. The van der Waals surface area contributed by atoms with Crippen LogP contribution < -0.4 is 0 Å². The molecule has 0 spiro atoms. The van der Waals surface area contributed by atoms with Gasteiger partial charge in [-0.2, -0.15) is 9.40 Å². The molecule has 0 atom stereocenters. The smallest absolute Gasteiger partial charge is 0.254 e. The van der Waals surface area contributed by atoms with Crippen LogP contribution in [0.3, 0.4) is 0 Å². The summed E-state index contributed by atoms with van der Waals surface area (Å²) in [6.45, 7) is 11.2. The number of hydrogen-bond acceptors (Lipinski definition) is 5. The van der Waals surface area contributed by atoms with Gasteiger partial charge in [0.2, 0.25) is 10.0 Å². The Balaban J connectivity index is 1.52. The number of pyridine rings is 1. The predicted octanol–water partition coefficient (Wildman–Crippen LogP) is 3.03. The Bertz CT molecular complexity index is 1310. The van der Waals surface area contributed by atoms with Gasteiger partial charge in [-0.25, -0.2) is 13.4 Å². The van der Waals surface area contributed by atoms with Crippen LogP contribution in [0.4, 0.5) is 0 Å². The zero-order valence-electron chi connectivity index (χ0n) is 20.1. The molecule has 3 heterocycles. The van der Waals surface area contributed by atoms with Gasteiger partial charge in [0, 0.05) is 38.9 Å². The summed E-state index contributed by atoms with van der Waals surface area (Å²) in [7, 11) is -1.80. The maximum absolute atomic E-state index is 13.4. The Morgan fingerprint density at radius 2 is 1.61 bits per heavy atom. The number of amides is 1. The number of hydrogen-bond donors (Lipinski definition) is 0. The van der Waals surface area contributed by atoms with Crippen LogP contribution in [0.5, 0.6) is 0 Å². The monoisotopic (exact) mass is 469 g/mol. The van der Waals surface area contributed by atoms with Crippen LogP contribution in [-0.2, 0) is 22.5 Å². The van der Waals surface area contributed by atoms with E-state index in [9.17, 15) is 13.2 Å². The molecule has 1 saturated heterocycles. The second-order valence-electron chi connectivity index (χ2n) is 9.69. The fraction of sp³-hybridized carbons (Fsp3) is 0.458. The van der Waals surface area contributed by atoms with Crippen LogP contribution in [0.15, 0.2) is 35.2 Å². The Morgan fingerprint density at radius 3 is 2.18 bits per heavy atom. The van der Waals surface area contributed by atoms with Crippen molar-refractivity contribution in [3.05, 3.63) is 52.8 Å². The fourth-order valence-electron chi connectivity index (χ4n) is 4.32. The lowest BCUT2D eigenvalue weighted by molar-refractivity contribution is 0.0699. The quantitative estimate of drug-likeness (QED) is 0.588. The molecule has 0 N–H and O–H groups in total. The fourth-order valence-corrected chi connectivity index (χ4v) is 5.74. The van der Waals surface area contributed by atoms with Gasteiger partial charge in [-0.1, -0.05) is 32.9 Å². The van der Waals surface area contributed by atoms with E-state index in [1.165, 1.54) is 4.31 Å². The Morgan fingerprint density at radius 1 is 1.00 bits per heavy atom. The number of aromatic nitrogens is 3. The first-order chi connectivity index (χ1) is 15.4. The minimum atomic E-state index is -3.61. The minimum Gasteiger partial charge on any atom is -0.336 e. The number of piperazine rings is 1. The molecule has 0 bridgehead atoms. The van der Waals surface area contributed by atoms with Gasteiger partial charge in [0.25, 0.3) is 5.91 Å². The highest BCUT2D eigenvalue weighted by atomic mass is 32.2.